The third-order valence-corrected chi connectivity index (χ3v) is 9.17. The van der Waals surface area contributed by atoms with Crippen LogP contribution >= 0.6 is 0 Å². The summed E-state index contributed by atoms with van der Waals surface area (Å²) in [6.45, 7) is 9.74. The van der Waals surface area contributed by atoms with Crippen LogP contribution in [-0.4, -0.2) is 113 Å². The minimum absolute atomic E-state index is 0.00849. The molecule has 0 bridgehead atoms. The zero-order valence-electron chi connectivity index (χ0n) is 31.8. The number of carboxylic acids is 1. The molecule has 1 aromatic heterocycles. The molecule has 17 heteroatoms. The number of carbonyl (C=O) groups excluding carboxylic acids is 6. The van der Waals surface area contributed by atoms with Crippen molar-refractivity contribution in [3.63, 3.8) is 0 Å². The molecular formula is C37H56N8O9. The number of fused-ring (bicyclic) bond motifs is 1. The summed E-state index contributed by atoms with van der Waals surface area (Å²) in [4.78, 5) is 94.6. The monoisotopic (exact) mass is 756 g/mol. The molecule has 2 aromatic rings. The highest BCUT2D eigenvalue weighted by Crippen LogP contribution is 2.20. The molecule has 1 fully saturated rings. The zero-order chi connectivity index (χ0) is 40.1. The van der Waals surface area contributed by atoms with Crippen LogP contribution in [0.2, 0.25) is 0 Å². The Balaban J connectivity index is 1.84. The first-order chi connectivity index (χ1) is 25.5. The minimum atomic E-state index is -1.35. The standard InChI is InChI=1S/C37H56N8O9/c1-19(2)14-26(34(51)44-31(21(5)6)37(54)45-30(20(3)4)36(53)40-17-29(47)48)41-33(50)27(15-22-16-39-24-11-8-7-10-23(22)24)42-35(52)28(18-46)43-32(49)25-12-9-13-38-25/h7-8,10-11,16,19-21,25-28,30-31,38-39,46H,9,12-15,17-18H2,1-6H3,(H,40,53)(H,41,50)(H,42,52)(H,43,49)(H,44,51)(H,45,54)(H,47,48)/t25-,26-,27-,28-,30-,31-/m0/s1. The van der Waals surface area contributed by atoms with Gasteiger partial charge in [-0.2, -0.15) is 0 Å². The van der Waals surface area contributed by atoms with Crippen LogP contribution in [0.3, 0.4) is 0 Å². The molecule has 17 nitrogen and oxygen atoms in total. The fourth-order valence-corrected chi connectivity index (χ4v) is 6.19. The Morgan fingerprint density at radius 3 is 1.94 bits per heavy atom. The average molecular weight is 757 g/mol. The Labute approximate surface area is 314 Å². The lowest BCUT2D eigenvalue weighted by Gasteiger charge is -2.29. The molecule has 0 unspecified atom stereocenters. The van der Waals surface area contributed by atoms with E-state index in [2.05, 4.69) is 42.2 Å². The Hall–Kier alpha value is -5.03. The smallest absolute Gasteiger partial charge is 0.322 e. The van der Waals surface area contributed by atoms with E-state index in [0.717, 1.165) is 17.3 Å². The summed E-state index contributed by atoms with van der Waals surface area (Å²) in [5, 5.41) is 38.5. The van der Waals surface area contributed by atoms with Crippen molar-refractivity contribution in [3.05, 3.63) is 36.0 Å². The Morgan fingerprint density at radius 2 is 1.35 bits per heavy atom. The van der Waals surface area contributed by atoms with Crippen molar-refractivity contribution in [2.75, 3.05) is 19.7 Å². The fourth-order valence-electron chi connectivity index (χ4n) is 6.19. The third kappa shape index (κ3) is 12.5. The lowest BCUT2D eigenvalue weighted by atomic mass is 9.97. The van der Waals surface area contributed by atoms with Crippen molar-refractivity contribution >= 4 is 52.3 Å². The second kappa shape index (κ2) is 20.4. The van der Waals surface area contributed by atoms with Crippen molar-refractivity contribution in [2.24, 2.45) is 17.8 Å². The van der Waals surface area contributed by atoms with Crippen LogP contribution in [-0.2, 0) is 40.0 Å². The molecule has 6 atom stereocenters. The predicted molar refractivity (Wildman–Crippen MR) is 200 cm³/mol. The number of carbonyl (C=O) groups is 7. The molecule has 6 amide bonds. The number of H-pyrrole nitrogens is 1. The number of amides is 6. The molecule has 54 heavy (non-hydrogen) atoms. The summed E-state index contributed by atoms with van der Waals surface area (Å²) in [6, 6.07) is 0.905. The second-order valence-corrected chi connectivity index (χ2v) is 14.8. The minimum Gasteiger partial charge on any atom is -0.480 e. The van der Waals surface area contributed by atoms with Crippen LogP contribution in [0, 0.1) is 17.8 Å². The van der Waals surface area contributed by atoms with Crippen LogP contribution in [0.5, 0.6) is 0 Å². The molecule has 1 aliphatic rings. The van der Waals surface area contributed by atoms with Gasteiger partial charge >= 0.3 is 5.97 Å². The van der Waals surface area contributed by atoms with Gasteiger partial charge in [-0.1, -0.05) is 59.7 Å². The lowest BCUT2D eigenvalue weighted by molar-refractivity contribution is -0.139. The largest absolute Gasteiger partial charge is 0.480 e. The van der Waals surface area contributed by atoms with E-state index in [1.165, 1.54) is 0 Å². The number of hydrogen-bond acceptors (Lipinski definition) is 9. The van der Waals surface area contributed by atoms with Crippen LogP contribution < -0.4 is 37.2 Å². The maximum Gasteiger partial charge on any atom is 0.322 e. The van der Waals surface area contributed by atoms with Crippen LogP contribution in [0.25, 0.3) is 10.9 Å². The zero-order valence-corrected chi connectivity index (χ0v) is 31.8. The number of para-hydroxylation sites is 1. The summed E-state index contributed by atoms with van der Waals surface area (Å²) in [6.07, 6.45) is 3.24. The van der Waals surface area contributed by atoms with Crippen molar-refractivity contribution in [2.45, 2.75) is 103 Å². The van der Waals surface area contributed by atoms with E-state index < -0.39 is 103 Å². The molecule has 0 saturated carbocycles. The summed E-state index contributed by atoms with van der Waals surface area (Å²) < 4.78 is 0. The van der Waals surface area contributed by atoms with Gasteiger partial charge in [-0.05, 0) is 55.2 Å². The first kappa shape index (κ1) is 43.4. The highest BCUT2D eigenvalue weighted by atomic mass is 16.4. The molecule has 1 saturated heterocycles. The van der Waals surface area contributed by atoms with Gasteiger partial charge in [-0.15, -0.1) is 0 Å². The molecule has 10 N–H and O–H groups in total. The van der Waals surface area contributed by atoms with Gasteiger partial charge in [0.15, 0.2) is 0 Å². The number of aliphatic hydroxyl groups excluding tert-OH is 1. The van der Waals surface area contributed by atoms with Gasteiger partial charge in [0.05, 0.1) is 12.6 Å². The topological polar surface area (TPSA) is 260 Å². The van der Waals surface area contributed by atoms with Crippen LogP contribution in [0.15, 0.2) is 30.5 Å². The molecule has 3 rings (SSSR count). The first-order valence-electron chi connectivity index (χ1n) is 18.4. The van der Waals surface area contributed by atoms with Crippen molar-refractivity contribution in [1.82, 2.24) is 42.2 Å². The van der Waals surface area contributed by atoms with E-state index in [1.54, 1.807) is 33.9 Å². The summed E-state index contributed by atoms with van der Waals surface area (Å²) in [5.41, 5.74) is 1.50. The molecule has 1 aliphatic heterocycles. The summed E-state index contributed by atoms with van der Waals surface area (Å²) in [5.74, 6) is -6.22. The van der Waals surface area contributed by atoms with E-state index in [1.807, 2.05) is 38.1 Å². The highest BCUT2D eigenvalue weighted by Gasteiger charge is 2.35. The molecule has 0 spiro atoms. The van der Waals surface area contributed by atoms with E-state index in [-0.39, 0.29) is 18.8 Å². The second-order valence-electron chi connectivity index (χ2n) is 14.8. The third-order valence-electron chi connectivity index (χ3n) is 9.17. The van der Waals surface area contributed by atoms with E-state index in [0.29, 0.717) is 18.5 Å². The number of aromatic nitrogens is 1. The molecule has 0 radical (unpaired) electrons. The Kier molecular flexibility index (Phi) is 16.4. The van der Waals surface area contributed by atoms with Gasteiger partial charge in [0.1, 0.15) is 36.8 Å². The highest BCUT2D eigenvalue weighted by molar-refractivity contribution is 5.97. The van der Waals surface area contributed by atoms with Crippen molar-refractivity contribution < 1.29 is 43.8 Å². The van der Waals surface area contributed by atoms with Crippen LogP contribution in [0.1, 0.15) is 66.4 Å². The van der Waals surface area contributed by atoms with Gasteiger partial charge in [0.2, 0.25) is 35.4 Å². The SMILES string of the molecule is CC(C)C[C@H](NC(=O)[C@H](Cc1c[nH]c2ccccc12)NC(=O)[C@H](CO)NC(=O)[C@@H]1CCCN1)C(=O)N[C@H](C(=O)N[C@H](C(=O)NCC(=O)O)C(C)C)C(C)C. The molecule has 298 valence electrons. The molecule has 0 aliphatic carbocycles. The van der Waals surface area contributed by atoms with Gasteiger partial charge in [0.25, 0.3) is 0 Å². The number of hydrogen-bond donors (Lipinski definition) is 10. The molecule has 1 aromatic carbocycles. The number of aliphatic carboxylic acids is 1. The number of nitrogens with one attached hydrogen (secondary N) is 8. The van der Waals surface area contributed by atoms with Gasteiger partial charge in [-0.3, -0.25) is 33.6 Å². The van der Waals surface area contributed by atoms with E-state index in [9.17, 15) is 38.7 Å². The number of rotatable bonds is 20. The normalized spacial score (nSPS) is 17.0. The number of benzene rings is 1. The Bertz CT molecular complexity index is 1640. The first-order valence-corrected chi connectivity index (χ1v) is 18.4. The molecular weight excluding hydrogens is 700 g/mol. The maximum absolute atomic E-state index is 14.1. The van der Waals surface area contributed by atoms with Gasteiger partial charge in [0, 0.05) is 23.5 Å². The van der Waals surface area contributed by atoms with Gasteiger partial charge < -0.3 is 52.4 Å². The number of carboxylic acid groups (broad SMARTS) is 1. The average Bonchev–Trinajstić information content (AvgIpc) is 3.80. The Morgan fingerprint density at radius 1 is 0.759 bits per heavy atom. The van der Waals surface area contributed by atoms with Gasteiger partial charge in [-0.25, -0.2) is 0 Å². The van der Waals surface area contributed by atoms with Crippen molar-refractivity contribution in [1.29, 1.82) is 0 Å². The van der Waals surface area contributed by atoms with Crippen molar-refractivity contribution in [3.8, 4) is 0 Å². The van der Waals surface area contributed by atoms with E-state index >= 15 is 0 Å². The fraction of sp³-hybridized carbons (Fsp3) is 0.595. The summed E-state index contributed by atoms with van der Waals surface area (Å²) in [7, 11) is 0. The number of aliphatic hydroxyl groups is 1. The summed E-state index contributed by atoms with van der Waals surface area (Å²) >= 11 is 0. The lowest BCUT2D eigenvalue weighted by Crippen LogP contribution is -2.61. The van der Waals surface area contributed by atoms with Crippen LogP contribution in [0.4, 0.5) is 0 Å². The number of aromatic amines is 1. The predicted octanol–water partition coefficient (Wildman–Crippen LogP) is -0.562. The quantitative estimate of drug-likeness (QED) is 0.0824. The molecule has 2 heterocycles. The van der Waals surface area contributed by atoms with E-state index in [4.69, 9.17) is 5.11 Å². The maximum atomic E-state index is 14.1.